The lowest BCUT2D eigenvalue weighted by Gasteiger charge is -2.24. The molecule has 2 N–H and O–H groups in total. The minimum absolute atomic E-state index is 0.368. The predicted octanol–water partition coefficient (Wildman–Crippen LogP) is 2.49. The average molecular weight is 348 g/mol. The summed E-state index contributed by atoms with van der Waals surface area (Å²) >= 11 is 0. The molecule has 0 aliphatic carbocycles. The second-order valence-corrected chi connectivity index (χ2v) is 5.50. The molecule has 25 heavy (non-hydrogen) atoms. The Bertz CT molecular complexity index is 700. The lowest BCUT2D eigenvalue weighted by Crippen LogP contribution is -2.29. The minimum Gasteiger partial charge on any atom is -0.493 e. The van der Waals surface area contributed by atoms with Gasteiger partial charge in [-0.2, -0.15) is 0 Å². The molecule has 2 rings (SSSR count). The van der Waals surface area contributed by atoms with Crippen molar-refractivity contribution in [2.45, 2.75) is 19.1 Å². The molecule has 0 aliphatic rings. The summed E-state index contributed by atoms with van der Waals surface area (Å²) in [6, 6.07) is 10.5. The second-order valence-electron chi connectivity index (χ2n) is 5.50. The molecule has 0 fully saturated rings. The molecule has 0 saturated carbocycles. The Morgan fingerprint density at radius 3 is 2.24 bits per heavy atom. The van der Waals surface area contributed by atoms with Crippen LogP contribution in [0, 0.1) is 6.92 Å². The van der Waals surface area contributed by atoms with Gasteiger partial charge in [-0.15, -0.1) is 0 Å². The number of aliphatic hydroxyl groups is 2. The van der Waals surface area contributed by atoms with Crippen molar-refractivity contribution in [1.82, 2.24) is 0 Å². The molecule has 136 valence electrons. The third kappa shape index (κ3) is 4.15. The summed E-state index contributed by atoms with van der Waals surface area (Å²) in [7, 11) is 4.61. The van der Waals surface area contributed by atoms with Crippen molar-refractivity contribution in [3.63, 3.8) is 0 Å². The zero-order valence-electron chi connectivity index (χ0n) is 14.9. The highest BCUT2D eigenvalue weighted by Gasteiger charge is 2.25. The normalized spacial score (nSPS) is 13.0. The summed E-state index contributed by atoms with van der Waals surface area (Å²) in [6.45, 7) is 1.52. The number of hydrogen-bond acceptors (Lipinski definition) is 6. The smallest absolute Gasteiger partial charge is 0.163 e. The molecule has 2 unspecified atom stereocenters. The maximum Gasteiger partial charge on any atom is 0.163 e. The third-order valence-electron chi connectivity index (χ3n) is 3.94. The first-order valence-corrected chi connectivity index (χ1v) is 7.86. The summed E-state index contributed by atoms with van der Waals surface area (Å²) < 4.78 is 21.6. The van der Waals surface area contributed by atoms with Crippen molar-refractivity contribution < 1.29 is 29.2 Å². The molecule has 0 heterocycles. The van der Waals surface area contributed by atoms with Gasteiger partial charge < -0.3 is 29.2 Å². The monoisotopic (exact) mass is 348 g/mol. The van der Waals surface area contributed by atoms with Crippen LogP contribution in [0.3, 0.4) is 0 Å². The van der Waals surface area contributed by atoms with Crippen LogP contribution >= 0.6 is 0 Å². The third-order valence-corrected chi connectivity index (χ3v) is 3.94. The standard InChI is InChI=1S/C19H24O6/c1-12-6-5-7-15(19(12)24-4)25-17(11-20)18(21)13-8-9-14(22-2)16(10-13)23-3/h5-10,17-18,20-21H,11H2,1-4H3. The Balaban J connectivity index is 2.27. The topological polar surface area (TPSA) is 77.4 Å². The minimum atomic E-state index is -1.06. The molecular weight excluding hydrogens is 324 g/mol. The van der Waals surface area contributed by atoms with Gasteiger partial charge in [0.2, 0.25) is 0 Å². The molecule has 2 aromatic rings. The SMILES string of the molecule is COc1ccc(C(O)C(CO)Oc2cccc(C)c2OC)cc1OC. The van der Waals surface area contributed by atoms with Crippen molar-refractivity contribution in [2.24, 2.45) is 0 Å². The van der Waals surface area contributed by atoms with E-state index in [2.05, 4.69) is 0 Å². The first kappa shape index (κ1) is 18.9. The first-order valence-electron chi connectivity index (χ1n) is 7.86. The van der Waals surface area contributed by atoms with Crippen molar-refractivity contribution in [3.8, 4) is 23.0 Å². The second kappa shape index (κ2) is 8.60. The van der Waals surface area contributed by atoms with Crippen LogP contribution < -0.4 is 18.9 Å². The highest BCUT2D eigenvalue weighted by Crippen LogP contribution is 2.35. The Labute approximate surface area is 147 Å². The Morgan fingerprint density at radius 2 is 1.64 bits per heavy atom. The number of aliphatic hydroxyl groups excluding tert-OH is 2. The van der Waals surface area contributed by atoms with Crippen LogP contribution in [0.2, 0.25) is 0 Å². The Hall–Kier alpha value is -2.44. The van der Waals surface area contributed by atoms with Crippen LogP contribution in [0.5, 0.6) is 23.0 Å². The van der Waals surface area contributed by atoms with Crippen molar-refractivity contribution in [3.05, 3.63) is 47.5 Å². The van der Waals surface area contributed by atoms with Crippen LogP contribution in [0.1, 0.15) is 17.2 Å². The maximum absolute atomic E-state index is 10.6. The van der Waals surface area contributed by atoms with E-state index in [0.29, 0.717) is 28.6 Å². The van der Waals surface area contributed by atoms with Crippen molar-refractivity contribution in [1.29, 1.82) is 0 Å². The highest BCUT2D eigenvalue weighted by molar-refractivity contribution is 5.46. The summed E-state index contributed by atoms with van der Waals surface area (Å²) in [5.41, 5.74) is 1.45. The van der Waals surface area contributed by atoms with Gasteiger partial charge in [0.25, 0.3) is 0 Å². The number of benzene rings is 2. The van der Waals surface area contributed by atoms with Gasteiger partial charge in [0.1, 0.15) is 6.10 Å². The quantitative estimate of drug-likeness (QED) is 0.763. The van der Waals surface area contributed by atoms with Gasteiger partial charge in [-0.3, -0.25) is 0 Å². The van der Waals surface area contributed by atoms with E-state index in [1.54, 1.807) is 31.4 Å². The Kier molecular flexibility index (Phi) is 6.50. The van der Waals surface area contributed by atoms with E-state index >= 15 is 0 Å². The van der Waals surface area contributed by atoms with E-state index in [1.165, 1.54) is 14.2 Å². The zero-order chi connectivity index (χ0) is 18.4. The van der Waals surface area contributed by atoms with Crippen LogP contribution in [0.4, 0.5) is 0 Å². The fourth-order valence-electron chi connectivity index (χ4n) is 2.60. The van der Waals surface area contributed by atoms with E-state index in [1.807, 2.05) is 19.1 Å². The predicted molar refractivity (Wildman–Crippen MR) is 93.7 cm³/mol. The van der Waals surface area contributed by atoms with Gasteiger partial charge in [0, 0.05) is 0 Å². The average Bonchev–Trinajstić information content (AvgIpc) is 2.65. The van der Waals surface area contributed by atoms with Crippen LogP contribution in [-0.4, -0.2) is 44.3 Å². The van der Waals surface area contributed by atoms with E-state index < -0.39 is 12.2 Å². The van der Waals surface area contributed by atoms with E-state index in [4.69, 9.17) is 18.9 Å². The van der Waals surface area contributed by atoms with Crippen LogP contribution in [0.25, 0.3) is 0 Å². The van der Waals surface area contributed by atoms with Gasteiger partial charge in [-0.25, -0.2) is 0 Å². The van der Waals surface area contributed by atoms with Crippen molar-refractivity contribution >= 4 is 0 Å². The molecule has 0 spiro atoms. The van der Waals surface area contributed by atoms with Gasteiger partial charge in [0.05, 0.1) is 27.9 Å². The molecule has 0 bridgehead atoms. The number of ether oxygens (including phenoxy) is 4. The molecule has 6 nitrogen and oxygen atoms in total. The lowest BCUT2D eigenvalue weighted by molar-refractivity contribution is -0.000561. The largest absolute Gasteiger partial charge is 0.493 e. The summed E-state index contributed by atoms with van der Waals surface area (Å²) in [6.07, 6.45) is -1.93. The van der Waals surface area contributed by atoms with Gasteiger partial charge in [0.15, 0.2) is 29.1 Å². The Morgan fingerprint density at radius 1 is 0.920 bits per heavy atom. The van der Waals surface area contributed by atoms with Crippen LogP contribution in [0.15, 0.2) is 36.4 Å². The zero-order valence-corrected chi connectivity index (χ0v) is 14.9. The molecule has 0 radical (unpaired) electrons. The van der Waals surface area contributed by atoms with Crippen LogP contribution in [-0.2, 0) is 0 Å². The van der Waals surface area contributed by atoms with Gasteiger partial charge >= 0.3 is 0 Å². The molecule has 0 aromatic heterocycles. The lowest BCUT2D eigenvalue weighted by atomic mass is 10.0. The fourth-order valence-corrected chi connectivity index (χ4v) is 2.60. The van der Waals surface area contributed by atoms with Gasteiger partial charge in [-0.05, 0) is 36.2 Å². The maximum atomic E-state index is 10.6. The van der Waals surface area contributed by atoms with E-state index in [9.17, 15) is 10.2 Å². The van der Waals surface area contributed by atoms with Gasteiger partial charge in [-0.1, -0.05) is 18.2 Å². The summed E-state index contributed by atoms with van der Waals surface area (Å²) in [5, 5.41) is 20.3. The molecule has 0 amide bonds. The number of methoxy groups -OCH3 is 3. The molecule has 2 atom stereocenters. The molecule has 0 aliphatic heterocycles. The highest BCUT2D eigenvalue weighted by atomic mass is 16.5. The summed E-state index contributed by atoms with van der Waals surface area (Å²) in [5.74, 6) is 2.07. The molecule has 6 heteroatoms. The number of aryl methyl sites for hydroxylation is 1. The van der Waals surface area contributed by atoms with Crippen molar-refractivity contribution in [2.75, 3.05) is 27.9 Å². The number of para-hydroxylation sites is 1. The molecule has 2 aromatic carbocycles. The number of hydrogen-bond donors (Lipinski definition) is 2. The first-order chi connectivity index (χ1) is 12.0. The summed E-state index contributed by atoms with van der Waals surface area (Å²) in [4.78, 5) is 0. The molecular formula is C19H24O6. The number of rotatable bonds is 8. The fraction of sp³-hybridized carbons (Fsp3) is 0.368. The van der Waals surface area contributed by atoms with E-state index in [-0.39, 0.29) is 6.61 Å². The van der Waals surface area contributed by atoms with E-state index in [0.717, 1.165) is 5.56 Å². The molecule has 0 saturated heterocycles.